The highest BCUT2D eigenvalue weighted by atomic mass is 35.5. The van der Waals surface area contributed by atoms with Crippen molar-refractivity contribution in [2.24, 2.45) is 5.41 Å². The van der Waals surface area contributed by atoms with E-state index in [1.807, 2.05) is 6.07 Å². The van der Waals surface area contributed by atoms with Gasteiger partial charge in [-0.25, -0.2) is 4.39 Å². The Kier molecular flexibility index (Phi) is 3.81. The van der Waals surface area contributed by atoms with Gasteiger partial charge in [0.2, 0.25) is 0 Å². The molecule has 1 N–H and O–H groups in total. The van der Waals surface area contributed by atoms with Crippen LogP contribution in [-0.4, -0.2) is 12.6 Å². The smallest absolute Gasteiger partial charge is 0.142 e. The van der Waals surface area contributed by atoms with Crippen LogP contribution in [0.15, 0.2) is 18.2 Å². The fourth-order valence-corrected chi connectivity index (χ4v) is 3.47. The maximum absolute atomic E-state index is 13.6. The van der Waals surface area contributed by atoms with E-state index in [4.69, 9.17) is 11.6 Å². The predicted molar refractivity (Wildman–Crippen MR) is 77.0 cm³/mol. The van der Waals surface area contributed by atoms with Crippen molar-refractivity contribution in [2.45, 2.75) is 51.0 Å². The maximum atomic E-state index is 13.6. The molecule has 0 aromatic heterocycles. The Morgan fingerprint density at radius 3 is 2.68 bits per heavy atom. The van der Waals surface area contributed by atoms with Crippen LogP contribution in [0.4, 0.5) is 4.39 Å². The van der Waals surface area contributed by atoms with Crippen molar-refractivity contribution in [2.75, 3.05) is 6.54 Å². The largest absolute Gasteiger partial charge is 0.313 e. The molecule has 0 amide bonds. The first-order chi connectivity index (χ1) is 9.19. The number of hydrogen-bond donors (Lipinski definition) is 1. The summed E-state index contributed by atoms with van der Waals surface area (Å²) in [5, 5.41) is 3.98. The molecular formula is C16H21ClFN. The molecule has 1 nitrogen and oxygen atoms in total. The lowest BCUT2D eigenvalue weighted by atomic mass is 9.80. The monoisotopic (exact) mass is 281 g/mol. The van der Waals surface area contributed by atoms with Gasteiger partial charge in [-0.3, -0.25) is 0 Å². The van der Waals surface area contributed by atoms with Crippen molar-refractivity contribution in [3.63, 3.8) is 0 Å². The molecule has 0 bridgehead atoms. The van der Waals surface area contributed by atoms with Crippen LogP contribution in [0, 0.1) is 11.2 Å². The molecule has 0 unspecified atom stereocenters. The van der Waals surface area contributed by atoms with Crippen LogP contribution < -0.4 is 5.32 Å². The Morgan fingerprint density at radius 2 is 2.00 bits per heavy atom. The molecule has 3 heteroatoms. The molecule has 0 spiro atoms. The van der Waals surface area contributed by atoms with Crippen molar-refractivity contribution < 1.29 is 4.39 Å². The molecular weight excluding hydrogens is 261 g/mol. The van der Waals surface area contributed by atoms with Gasteiger partial charge < -0.3 is 5.32 Å². The van der Waals surface area contributed by atoms with Crippen LogP contribution in [0.5, 0.6) is 0 Å². The molecule has 1 aromatic rings. The van der Waals surface area contributed by atoms with Gasteiger partial charge in [0.1, 0.15) is 5.82 Å². The average Bonchev–Trinajstić information content (AvgIpc) is 3.13. The van der Waals surface area contributed by atoms with Gasteiger partial charge in [0.25, 0.3) is 0 Å². The van der Waals surface area contributed by atoms with Crippen LogP contribution in [0.3, 0.4) is 0 Å². The van der Waals surface area contributed by atoms with Crippen molar-refractivity contribution in [3.8, 4) is 0 Å². The Labute approximate surface area is 119 Å². The van der Waals surface area contributed by atoms with E-state index >= 15 is 0 Å². The van der Waals surface area contributed by atoms with E-state index in [1.54, 1.807) is 6.07 Å². The summed E-state index contributed by atoms with van der Waals surface area (Å²) in [4.78, 5) is 0. The van der Waals surface area contributed by atoms with Gasteiger partial charge in [0, 0.05) is 12.6 Å². The molecule has 2 aliphatic carbocycles. The molecule has 2 fully saturated rings. The molecule has 0 saturated heterocycles. The van der Waals surface area contributed by atoms with Crippen LogP contribution in [0.2, 0.25) is 5.02 Å². The Balaban J connectivity index is 1.74. The SMILES string of the molecule is Fc1cccc(CC2(CNC3CC3)CCCC2)c1Cl. The van der Waals surface area contributed by atoms with E-state index in [1.165, 1.54) is 44.6 Å². The van der Waals surface area contributed by atoms with E-state index in [2.05, 4.69) is 5.32 Å². The second-order valence-corrected chi connectivity index (χ2v) is 6.63. The van der Waals surface area contributed by atoms with E-state index in [-0.39, 0.29) is 5.82 Å². The number of hydrogen-bond acceptors (Lipinski definition) is 1. The summed E-state index contributed by atoms with van der Waals surface area (Å²) in [6, 6.07) is 5.92. The highest BCUT2D eigenvalue weighted by molar-refractivity contribution is 6.31. The average molecular weight is 282 g/mol. The third kappa shape index (κ3) is 3.11. The molecule has 104 valence electrons. The fourth-order valence-electron chi connectivity index (χ4n) is 3.28. The summed E-state index contributed by atoms with van der Waals surface area (Å²) in [7, 11) is 0. The molecule has 3 rings (SSSR count). The van der Waals surface area contributed by atoms with E-state index in [0.717, 1.165) is 24.6 Å². The third-order valence-electron chi connectivity index (χ3n) is 4.60. The van der Waals surface area contributed by atoms with Crippen LogP contribution in [0.1, 0.15) is 44.1 Å². The van der Waals surface area contributed by atoms with E-state index < -0.39 is 0 Å². The van der Waals surface area contributed by atoms with Gasteiger partial charge in [0.05, 0.1) is 5.02 Å². The lowest BCUT2D eigenvalue weighted by Crippen LogP contribution is -2.35. The van der Waals surface area contributed by atoms with Crippen LogP contribution in [-0.2, 0) is 6.42 Å². The second kappa shape index (κ2) is 5.41. The van der Waals surface area contributed by atoms with Crippen molar-refractivity contribution in [1.29, 1.82) is 0 Å². The lowest BCUT2D eigenvalue weighted by molar-refractivity contribution is 0.276. The summed E-state index contributed by atoms with van der Waals surface area (Å²) < 4.78 is 13.6. The zero-order valence-electron chi connectivity index (χ0n) is 11.2. The minimum atomic E-state index is -0.289. The van der Waals surface area contributed by atoms with Gasteiger partial charge in [-0.2, -0.15) is 0 Å². The van der Waals surface area contributed by atoms with E-state index in [0.29, 0.717) is 10.4 Å². The van der Waals surface area contributed by atoms with Crippen molar-refractivity contribution >= 4 is 11.6 Å². The number of benzene rings is 1. The Hall–Kier alpha value is -0.600. The molecule has 2 aliphatic rings. The number of halogens is 2. The zero-order chi connectivity index (χ0) is 13.3. The van der Waals surface area contributed by atoms with Gasteiger partial charge in [-0.1, -0.05) is 36.6 Å². The lowest BCUT2D eigenvalue weighted by Gasteiger charge is -2.30. The first kappa shape index (κ1) is 13.4. The summed E-state index contributed by atoms with van der Waals surface area (Å²) in [5.74, 6) is -0.289. The number of rotatable bonds is 5. The first-order valence-corrected chi connectivity index (χ1v) is 7.73. The zero-order valence-corrected chi connectivity index (χ0v) is 12.0. The second-order valence-electron chi connectivity index (χ2n) is 6.25. The molecule has 0 radical (unpaired) electrons. The normalized spacial score (nSPS) is 21.8. The van der Waals surface area contributed by atoms with Crippen LogP contribution >= 0.6 is 11.6 Å². The summed E-state index contributed by atoms with van der Waals surface area (Å²) in [6.45, 7) is 1.06. The van der Waals surface area contributed by atoms with Crippen molar-refractivity contribution in [1.82, 2.24) is 5.32 Å². The Morgan fingerprint density at radius 1 is 1.26 bits per heavy atom. The first-order valence-electron chi connectivity index (χ1n) is 7.35. The summed E-state index contributed by atoms with van der Waals surface area (Å²) in [5.41, 5.74) is 1.26. The van der Waals surface area contributed by atoms with Gasteiger partial charge in [-0.15, -0.1) is 0 Å². The predicted octanol–water partition coefficient (Wildman–Crippen LogP) is 4.33. The number of nitrogens with one attached hydrogen (secondary N) is 1. The Bertz CT molecular complexity index is 450. The molecule has 1 aromatic carbocycles. The van der Waals surface area contributed by atoms with Gasteiger partial charge in [-0.05, 0) is 49.1 Å². The highest BCUT2D eigenvalue weighted by Gasteiger charge is 2.36. The van der Waals surface area contributed by atoms with Crippen LogP contribution in [0.25, 0.3) is 0 Å². The maximum Gasteiger partial charge on any atom is 0.142 e. The summed E-state index contributed by atoms with van der Waals surface area (Å²) in [6.07, 6.45) is 8.59. The van der Waals surface area contributed by atoms with Gasteiger partial charge >= 0.3 is 0 Å². The van der Waals surface area contributed by atoms with Gasteiger partial charge in [0.15, 0.2) is 0 Å². The summed E-state index contributed by atoms with van der Waals surface area (Å²) >= 11 is 6.11. The highest BCUT2D eigenvalue weighted by Crippen LogP contribution is 2.42. The minimum Gasteiger partial charge on any atom is -0.313 e. The fraction of sp³-hybridized carbons (Fsp3) is 0.625. The molecule has 0 aliphatic heterocycles. The minimum absolute atomic E-state index is 0.289. The molecule has 0 heterocycles. The third-order valence-corrected chi connectivity index (χ3v) is 5.03. The van der Waals surface area contributed by atoms with E-state index in [9.17, 15) is 4.39 Å². The standard InChI is InChI=1S/C16H21ClFN/c17-15-12(4-3-5-14(15)18)10-16(8-1-2-9-16)11-19-13-6-7-13/h3-5,13,19H,1-2,6-11H2. The topological polar surface area (TPSA) is 12.0 Å². The quantitative estimate of drug-likeness (QED) is 0.847. The molecule has 2 saturated carbocycles. The molecule has 0 atom stereocenters. The van der Waals surface area contributed by atoms with Crippen molar-refractivity contribution in [3.05, 3.63) is 34.6 Å². The molecule has 19 heavy (non-hydrogen) atoms.